The van der Waals surface area contributed by atoms with Crippen molar-refractivity contribution in [3.63, 3.8) is 0 Å². The maximum absolute atomic E-state index is 5.95. The Hall–Kier alpha value is -0.740. The highest BCUT2D eigenvalue weighted by Crippen LogP contribution is 2.52. The van der Waals surface area contributed by atoms with Gasteiger partial charge >= 0.3 is 0 Å². The van der Waals surface area contributed by atoms with Gasteiger partial charge in [0.1, 0.15) is 5.75 Å². The molecular weight excluding hydrogens is 318 g/mol. The van der Waals surface area contributed by atoms with Gasteiger partial charge in [0.15, 0.2) is 0 Å². The average Bonchev–Trinajstić information content (AvgIpc) is 2.45. The number of hydrogen-bond donors (Lipinski definition) is 1. The monoisotopic (exact) mass is 339 g/mol. The van der Waals surface area contributed by atoms with Crippen LogP contribution in [-0.2, 0) is 4.74 Å². The molecule has 2 aliphatic rings. The zero-order valence-corrected chi connectivity index (χ0v) is 13.9. The molecule has 3 nitrogen and oxygen atoms in total. The minimum atomic E-state index is 0.192. The van der Waals surface area contributed by atoms with Gasteiger partial charge in [0, 0.05) is 29.7 Å². The number of hydrogen-bond acceptors (Lipinski definition) is 3. The Labute approximate surface area is 129 Å². The lowest BCUT2D eigenvalue weighted by Gasteiger charge is -2.60. The van der Waals surface area contributed by atoms with Gasteiger partial charge in [0.05, 0.1) is 17.7 Å². The molecular formula is C16H22BrNO2. The normalized spacial score (nSPS) is 31.1. The van der Waals surface area contributed by atoms with E-state index in [4.69, 9.17) is 9.47 Å². The lowest BCUT2D eigenvalue weighted by Crippen LogP contribution is -2.67. The second kappa shape index (κ2) is 5.23. The summed E-state index contributed by atoms with van der Waals surface area (Å²) in [6, 6.07) is 6.64. The highest BCUT2D eigenvalue weighted by atomic mass is 79.9. The summed E-state index contributed by atoms with van der Waals surface area (Å²) in [6.07, 6.45) is 2.86. The third kappa shape index (κ3) is 2.23. The van der Waals surface area contributed by atoms with E-state index < -0.39 is 0 Å². The zero-order chi connectivity index (χ0) is 14.3. The van der Waals surface area contributed by atoms with E-state index >= 15 is 0 Å². The second-order valence-corrected chi connectivity index (χ2v) is 7.24. The molecule has 1 N–H and O–H groups in total. The van der Waals surface area contributed by atoms with E-state index in [1.165, 1.54) is 12.8 Å². The molecule has 1 aromatic rings. The summed E-state index contributed by atoms with van der Waals surface area (Å²) in [5.41, 5.74) is 1.33. The highest BCUT2D eigenvalue weighted by Gasteiger charge is 2.57. The Bertz CT molecular complexity index is 503. The van der Waals surface area contributed by atoms with Crippen LogP contribution in [0, 0.1) is 11.3 Å². The minimum absolute atomic E-state index is 0.192. The Balaban J connectivity index is 1.75. The first-order valence-corrected chi connectivity index (χ1v) is 8.05. The van der Waals surface area contributed by atoms with E-state index in [2.05, 4.69) is 47.2 Å². The Morgan fingerprint density at radius 1 is 1.40 bits per heavy atom. The maximum Gasteiger partial charge on any atom is 0.133 e. The van der Waals surface area contributed by atoms with E-state index in [1.54, 1.807) is 7.11 Å². The quantitative estimate of drug-likeness (QED) is 0.900. The van der Waals surface area contributed by atoms with Gasteiger partial charge in [-0.3, -0.25) is 0 Å². The number of methoxy groups -OCH3 is 1. The lowest BCUT2D eigenvalue weighted by atomic mass is 9.55. The molecule has 1 heterocycles. The molecule has 3 unspecified atom stereocenters. The first kappa shape index (κ1) is 14.2. The van der Waals surface area contributed by atoms with Crippen molar-refractivity contribution < 1.29 is 9.47 Å². The van der Waals surface area contributed by atoms with Crippen molar-refractivity contribution in [3.8, 4) is 5.75 Å². The first-order valence-electron chi connectivity index (χ1n) is 7.25. The molecule has 0 spiro atoms. The molecule has 4 heteroatoms. The summed E-state index contributed by atoms with van der Waals surface area (Å²) in [5.74, 6) is 1.50. The molecule has 3 rings (SSSR count). The number of ether oxygens (including phenoxy) is 2. The number of benzene rings is 1. The van der Waals surface area contributed by atoms with Gasteiger partial charge in [-0.25, -0.2) is 0 Å². The summed E-state index contributed by atoms with van der Waals surface area (Å²) in [5, 5.41) is 3.69. The summed E-state index contributed by atoms with van der Waals surface area (Å²) >= 11 is 3.54. The standard InChI is InChI=1S/C16H22BrNO2/c1-16(2)14(11-5-4-8-20-15(11)16)18-10-6-7-13(19-3)12(17)9-10/h6-7,9,11,14-15,18H,4-5,8H2,1-3H3. The van der Waals surface area contributed by atoms with Crippen LogP contribution in [0.15, 0.2) is 22.7 Å². The summed E-state index contributed by atoms with van der Waals surface area (Å²) in [7, 11) is 1.69. The van der Waals surface area contributed by atoms with E-state index in [-0.39, 0.29) is 5.41 Å². The van der Waals surface area contributed by atoms with Gasteiger partial charge in [0.25, 0.3) is 0 Å². The third-order valence-corrected chi connectivity index (χ3v) is 5.42. The predicted molar refractivity (Wildman–Crippen MR) is 84.3 cm³/mol. The van der Waals surface area contributed by atoms with Crippen molar-refractivity contribution in [3.05, 3.63) is 22.7 Å². The Morgan fingerprint density at radius 2 is 2.20 bits per heavy atom. The fourth-order valence-corrected chi connectivity index (χ4v) is 4.29. The summed E-state index contributed by atoms with van der Waals surface area (Å²) in [4.78, 5) is 0. The van der Waals surface area contributed by atoms with Gasteiger partial charge in [-0.2, -0.15) is 0 Å². The SMILES string of the molecule is COc1ccc(NC2C3CCCOC3C2(C)C)cc1Br. The minimum Gasteiger partial charge on any atom is -0.496 e. The van der Waals surface area contributed by atoms with E-state index in [1.807, 2.05) is 6.07 Å². The summed E-state index contributed by atoms with van der Waals surface area (Å²) in [6.45, 7) is 5.52. The molecule has 110 valence electrons. The lowest BCUT2D eigenvalue weighted by molar-refractivity contribution is -0.177. The van der Waals surface area contributed by atoms with Crippen LogP contribution in [0.1, 0.15) is 26.7 Å². The van der Waals surface area contributed by atoms with Crippen LogP contribution in [-0.4, -0.2) is 25.9 Å². The van der Waals surface area contributed by atoms with E-state index in [0.29, 0.717) is 18.1 Å². The molecule has 1 aliphatic heterocycles. The Kier molecular flexibility index (Phi) is 3.71. The van der Waals surface area contributed by atoms with Crippen LogP contribution in [0.25, 0.3) is 0 Å². The van der Waals surface area contributed by atoms with Gasteiger partial charge in [0.2, 0.25) is 0 Å². The molecule has 3 atom stereocenters. The number of rotatable bonds is 3. The summed E-state index contributed by atoms with van der Waals surface area (Å²) < 4.78 is 12.2. The molecule has 1 aromatic carbocycles. The molecule has 0 amide bonds. The zero-order valence-electron chi connectivity index (χ0n) is 12.3. The van der Waals surface area contributed by atoms with Gasteiger partial charge in [-0.1, -0.05) is 13.8 Å². The molecule has 1 saturated carbocycles. The fraction of sp³-hybridized carbons (Fsp3) is 0.625. The van der Waals surface area contributed by atoms with Crippen molar-refractivity contribution in [1.82, 2.24) is 0 Å². The molecule has 1 aliphatic carbocycles. The van der Waals surface area contributed by atoms with Crippen LogP contribution in [0.4, 0.5) is 5.69 Å². The van der Waals surface area contributed by atoms with Crippen LogP contribution < -0.4 is 10.1 Å². The van der Waals surface area contributed by atoms with Crippen molar-refractivity contribution in [2.24, 2.45) is 11.3 Å². The van der Waals surface area contributed by atoms with Crippen molar-refractivity contribution >= 4 is 21.6 Å². The molecule has 0 aromatic heterocycles. The Morgan fingerprint density at radius 3 is 2.90 bits per heavy atom. The highest BCUT2D eigenvalue weighted by molar-refractivity contribution is 9.10. The van der Waals surface area contributed by atoms with Gasteiger partial charge in [-0.15, -0.1) is 0 Å². The molecule has 20 heavy (non-hydrogen) atoms. The average molecular weight is 340 g/mol. The van der Waals surface area contributed by atoms with Crippen LogP contribution in [0.3, 0.4) is 0 Å². The topological polar surface area (TPSA) is 30.5 Å². The molecule has 0 bridgehead atoms. The largest absolute Gasteiger partial charge is 0.496 e. The van der Waals surface area contributed by atoms with Crippen LogP contribution >= 0.6 is 15.9 Å². The first-order chi connectivity index (χ1) is 9.54. The fourth-order valence-electron chi connectivity index (χ4n) is 3.75. The van der Waals surface area contributed by atoms with Crippen LogP contribution in [0.2, 0.25) is 0 Å². The smallest absolute Gasteiger partial charge is 0.133 e. The third-order valence-electron chi connectivity index (χ3n) is 4.81. The molecule has 2 fully saturated rings. The van der Waals surface area contributed by atoms with Crippen molar-refractivity contribution in [1.29, 1.82) is 0 Å². The second-order valence-electron chi connectivity index (χ2n) is 6.39. The van der Waals surface area contributed by atoms with Gasteiger partial charge < -0.3 is 14.8 Å². The number of anilines is 1. The van der Waals surface area contributed by atoms with E-state index in [0.717, 1.165) is 22.5 Å². The molecule has 1 saturated heterocycles. The predicted octanol–water partition coefficient (Wildman–Crippen LogP) is 4.07. The maximum atomic E-state index is 5.95. The molecule has 0 radical (unpaired) electrons. The van der Waals surface area contributed by atoms with E-state index in [9.17, 15) is 0 Å². The van der Waals surface area contributed by atoms with Gasteiger partial charge in [-0.05, 0) is 47.0 Å². The van der Waals surface area contributed by atoms with Crippen LogP contribution in [0.5, 0.6) is 5.75 Å². The number of fused-ring (bicyclic) bond motifs is 1. The number of nitrogens with one attached hydrogen (secondary N) is 1. The van der Waals surface area contributed by atoms with Crippen molar-refractivity contribution in [2.45, 2.75) is 38.8 Å². The van der Waals surface area contributed by atoms with Crippen molar-refractivity contribution in [2.75, 3.05) is 19.0 Å². The number of halogens is 1.